The average molecular weight is 228 g/mol. The molecule has 2 aromatic rings. The van der Waals surface area contributed by atoms with Gasteiger partial charge in [0.25, 0.3) is 0 Å². The summed E-state index contributed by atoms with van der Waals surface area (Å²) in [6.45, 7) is 1.22. The number of nitriles is 1. The molecule has 17 heavy (non-hydrogen) atoms. The van der Waals surface area contributed by atoms with E-state index < -0.39 is 0 Å². The van der Waals surface area contributed by atoms with Crippen LogP contribution in [-0.2, 0) is 0 Å². The first-order valence-electron chi connectivity index (χ1n) is 5.20. The molecule has 0 atom stereocenters. The predicted octanol–water partition coefficient (Wildman–Crippen LogP) is 0.714. The van der Waals surface area contributed by atoms with Gasteiger partial charge in [0.15, 0.2) is 5.69 Å². The molecule has 2 rings (SSSR count). The van der Waals surface area contributed by atoms with E-state index in [2.05, 4.69) is 20.5 Å². The molecule has 0 aliphatic rings. The van der Waals surface area contributed by atoms with Gasteiger partial charge < -0.3 is 11.1 Å². The van der Waals surface area contributed by atoms with E-state index in [-0.39, 0.29) is 0 Å². The fourth-order valence-corrected chi connectivity index (χ4v) is 1.39. The lowest BCUT2D eigenvalue weighted by atomic mass is 10.2. The quantitative estimate of drug-likeness (QED) is 0.715. The molecule has 4 N–H and O–H groups in total. The molecule has 2 aromatic heterocycles. The summed E-state index contributed by atoms with van der Waals surface area (Å²) >= 11 is 0. The standard InChI is InChI=1S/C11H12N6/c12-4-5-14-11-3-1-2-9(15-11)10-6-8(7-13)16-17-10/h1-3,6H,4-5,12H2,(H,14,15)(H,16,17). The Morgan fingerprint density at radius 1 is 1.47 bits per heavy atom. The van der Waals surface area contributed by atoms with Gasteiger partial charge in [-0.1, -0.05) is 6.07 Å². The highest BCUT2D eigenvalue weighted by Gasteiger charge is 2.04. The molecule has 0 bridgehead atoms. The monoisotopic (exact) mass is 228 g/mol. The second-order valence-corrected chi connectivity index (χ2v) is 3.40. The van der Waals surface area contributed by atoms with Crippen molar-refractivity contribution in [1.82, 2.24) is 15.2 Å². The first-order chi connectivity index (χ1) is 8.33. The number of rotatable bonds is 4. The number of pyridine rings is 1. The molecule has 0 fully saturated rings. The third-order valence-corrected chi connectivity index (χ3v) is 2.17. The maximum atomic E-state index is 8.69. The lowest BCUT2D eigenvalue weighted by Gasteiger charge is -2.04. The minimum absolute atomic E-state index is 0.349. The third kappa shape index (κ3) is 2.59. The number of nitrogens with one attached hydrogen (secondary N) is 2. The number of anilines is 1. The second kappa shape index (κ2) is 5.09. The van der Waals surface area contributed by atoms with Gasteiger partial charge in [-0.25, -0.2) is 4.98 Å². The summed E-state index contributed by atoms with van der Waals surface area (Å²) in [4.78, 5) is 4.38. The van der Waals surface area contributed by atoms with Crippen molar-refractivity contribution in [2.75, 3.05) is 18.4 Å². The zero-order chi connectivity index (χ0) is 12.1. The van der Waals surface area contributed by atoms with Crippen LogP contribution in [0.4, 0.5) is 5.82 Å². The summed E-state index contributed by atoms with van der Waals surface area (Å²) in [5.41, 5.74) is 7.21. The van der Waals surface area contributed by atoms with Crippen LogP contribution in [0.15, 0.2) is 24.3 Å². The first-order valence-corrected chi connectivity index (χ1v) is 5.20. The van der Waals surface area contributed by atoms with Crippen molar-refractivity contribution in [3.8, 4) is 17.5 Å². The van der Waals surface area contributed by atoms with Crippen molar-refractivity contribution in [2.24, 2.45) is 5.73 Å². The maximum absolute atomic E-state index is 8.69. The summed E-state index contributed by atoms with van der Waals surface area (Å²) in [5.74, 6) is 0.751. The molecule has 0 aromatic carbocycles. The minimum atomic E-state index is 0.349. The Kier molecular flexibility index (Phi) is 3.33. The minimum Gasteiger partial charge on any atom is -0.369 e. The molecular weight excluding hydrogens is 216 g/mol. The number of H-pyrrole nitrogens is 1. The lowest BCUT2D eigenvalue weighted by molar-refractivity contribution is 1.01. The Morgan fingerprint density at radius 2 is 2.35 bits per heavy atom. The molecule has 0 radical (unpaired) electrons. The molecule has 2 heterocycles. The summed E-state index contributed by atoms with van der Waals surface area (Å²) in [7, 11) is 0. The summed E-state index contributed by atoms with van der Waals surface area (Å²) in [5, 5.41) is 18.4. The van der Waals surface area contributed by atoms with Crippen molar-refractivity contribution in [3.05, 3.63) is 30.0 Å². The van der Waals surface area contributed by atoms with Gasteiger partial charge in [-0.2, -0.15) is 10.4 Å². The van der Waals surface area contributed by atoms with Crippen LogP contribution in [0.2, 0.25) is 0 Å². The Hall–Kier alpha value is -2.39. The fourth-order valence-electron chi connectivity index (χ4n) is 1.39. The highest BCUT2D eigenvalue weighted by atomic mass is 15.1. The Labute approximate surface area is 98.5 Å². The van der Waals surface area contributed by atoms with Crippen LogP contribution >= 0.6 is 0 Å². The van der Waals surface area contributed by atoms with E-state index in [1.165, 1.54) is 0 Å². The smallest absolute Gasteiger partial charge is 0.162 e. The summed E-state index contributed by atoms with van der Waals surface area (Å²) in [6.07, 6.45) is 0. The normalized spacial score (nSPS) is 9.88. The first kappa shape index (κ1) is 11.1. The van der Waals surface area contributed by atoms with Crippen LogP contribution in [0, 0.1) is 11.3 Å². The molecule has 0 spiro atoms. The number of nitrogens with two attached hydrogens (primary N) is 1. The number of aromatic amines is 1. The van der Waals surface area contributed by atoms with Crippen LogP contribution < -0.4 is 11.1 Å². The van der Waals surface area contributed by atoms with Gasteiger partial charge >= 0.3 is 0 Å². The molecule has 6 heteroatoms. The van der Waals surface area contributed by atoms with E-state index in [1.54, 1.807) is 6.07 Å². The molecule has 0 amide bonds. The molecule has 0 aliphatic carbocycles. The van der Waals surface area contributed by atoms with Crippen LogP contribution in [0.3, 0.4) is 0 Å². The number of aromatic nitrogens is 3. The molecule has 6 nitrogen and oxygen atoms in total. The SMILES string of the molecule is N#Cc1cc(-c2cccc(NCCN)n2)[nH]n1. The third-order valence-electron chi connectivity index (χ3n) is 2.17. The highest BCUT2D eigenvalue weighted by molar-refractivity contribution is 5.58. The van der Waals surface area contributed by atoms with Crippen molar-refractivity contribution in [2.45, 2.75) is 0 Å². The number of nitrogens with zero attached hydrogens (tertiary/aromatic N) is 3. The Morgan fingerprint density at radius 3 is 3.06 bits per heavy atom. The van der Waals surface area contributed by atoms with Gasteiger partial charge in [-0.3, -0.25) is 5.10 Å². The van der Waals surface area contributed by atoms with Crippen molar-refractivity contribution >= 4 is 5.82 Å². The molecular formula is C11H12N6. The van der Waals surface area contributed by atoms with Gasteiger partial charge in [-0.15, -0.1) is 0 Å². The van der Waals surface area contributed by atoms with Crippen LogP contribution in [0.5, 0.6) is 0 Å². The van der Waals surface area contributed by atoms with E-state index in [0.29, 0.717) is 18.8 Å². The lowest BCUT2D eigenvalue weighted by Crippen LogP contribution is -2.13. The van der Waals surface area contributed by atoms with Crippen LogP contribution in [-0.4, -0.2) is 28.3 Å². The molecule has 0 aliphatic heterocycles. The summed E-state index contributed by atoms with van der Waals surface area (Å²) < 4.78 is 0. The van der Waals surface area contributed by atoms with E-state index in [9.17, 15) is 0 Å². The zero-order valence-corrected chi connectivity index (χ0v) is 9.14. The van der Waals surface area contributed by atoms with Crippen LogP contribution in [0.1, 0.15) is 5.69 Å². The van der Waals surface area contributed by atoms with Crippen molar-refractivity contribution < 1.29 is 0 Å². The Bertz CT molecular complexity index is 539. The van der Waals surface area contributed by atoms with E-state index >= 15 is 0 Å². The second-order valence-electron chi connectivity index (χ2n) is 3.40. The summed E-state index contributed by atoms with van der Waals surface area (Å²) in [6, 6.07) is 9.22. The largest absolute Gasteiger partial charge is 0.369 e. The molecule has 0 unspecified atom stereocenters. The fraction of sp³-hybridized carbons (Fsp3) is 0.182. The van der Waals surface area contributed by atoms with Crippen molar-refractivity contribution in [3.63, 3.8) is 0 Å². The molecule has 0 saturated heterocycles. The van der Waals surface area contributed by atoms with E-state index in [1.807, 2.05) is 24.3 Å². The average Bonchev–Trinajstić information content (AvgIpc) is 2.85. The number of hydrogen-bond donors (Lipinski definition) is 3. The van der Waals surface area contributed by atoms with Gasteiger partial charge in [0, 0.05) is 19.2 Å². The van der Waals surface area contributed by atoms with E-state index in [0.717, 1.165) is 17.2 Å². The Balaban J connectivity index is 2.23. The predicted molar refractivity (Wildman–Crippen MR) is 64.1 cm³/mol. The number of hydrogen-bond acceptors (Lipinski definition) is 5. The van der Waals surface area contributed by atoms with Crippen molar-refractivity contribution in [1.29, 1.82) is 5.26 Å². The maximum Gasteiger partial charge on any atom is 0.162 e. The van der Waals surface area contributed by atoms with Crippen LogP contribution in [0.25, 0.3) is 11.4 Å². The topological polar surface area (TPSA) is 103 Å². The molecule has 0 saturated carbocycles. The highest BCUT2D eigenvalue weighted by Crippen LogP contribution is 2.16. The molecule has 86 valence electrons. The van der Waals surface area contributed by atoms with Gasteiger partial charge in [0.05, 0.1) is 11.4 Å². The van der Waals surface area contributed by atoms with Gasteiger partial charge in [0.2, 0.25) is 0 Å². The van der Waals surface area contributed by atoms with Gasteiger partial charge in [0.1, 0.15) is 11.9 Å². The van der Waals surface area contributed by atoms with Gasteiger partial charge in [-0.05, 0) is 12.1 Å². The zero-order valence-electron chi connectivity index (χ0n) is 9.14. The van der Waals surface area contributed by atoms with E-state index in [4.69, 9.17) is 11.0 Å².